The van der Waals surface area contributed by atoms with Gasteiger partial charge in [-0.15, -0.1) is 0 Å². The van der Waals surface area contributed by atoms with Crippen LogP contribution in [0.4, 0.5) is 13.2 Å². The molecule has 6 heteroatoms. The molecule has 0 aliphatic carbocycles. The molecule has 0 saturated carbocycles. The monoisotopic (exact) mass is 241 g/mol. The van der Waals surface area contributed by atoms with Gasteiger partial charge in [-0.05, 0) is 17.9 Å². The van der Waals surface area contributed by atoms with Crippen LogP contribution in [0, 0.1) is 5.92 Å². The standard InChI is InChI=1S/C9H14F3NOS/c1-2-3-15-6-7-4-13(5-7)8(14)9(10,11)12/h7H,2-6H2,1H3. The molecule has 0 unspecified atom stereocenters. The molecule has 0 radical (unpaired) electrons. The molecule has 0 aromatic heterocycles. The van der Waals surface area contributed by atoms with E-state index in [2.05, 4.69) is 6.92 Å². The zero-order valence-electron chi connectivity index (χ0n) is 8.51. The first-order valence-electron chi connectivity index (χ1n) is 4.89. The molecule has 1 aliphatic rings. The van der Waals surface area contributed by atoms with Crippen molar-refractivity contribution in [3.8, 4) is 0 Å². The largest absolute Gasteiger partial charge is 0.471 e. The highest BCUT2D eigenvalue weighted by molar-refractivity contribution is 7.99. The molecule has 88 valence electrons. The van der Waals surface area contributed by atoms with Crippen LogP contribution in [0.2, 0.25) is 0 Å². The quantitative estimate of drug-likeness (QED) is 0.703. The summed E-state index contributed by atoms with van der Waals surface area (Å²) in [5.41, 5.74) is 0. The van der Waals surface area contributed by atoms with Gasteiger partial charge >= 0.3 is 12.1 Å². The van der Waals surface area contributed by atoms with E-state index < -0.39 is 12.1 Å². The molecule has 0 aromatic carbocycles. The summed E-state index contributed by atoms with van der Waals surface area (Å²) < 4.78 is 35.9. The van der Waals surface area contributed by atoms with Crippen LogP contribution in [-0.4, -0.2) is 41.6 Å². The van der Waals surface area contributed by atoms with E-state index in [4.69, 9.17) is 0 Å². The van der Waals surface area contributed by atoms with E-state index in [-0.39, 0.29) is 19.0 Å². The first-order valence-corrected chi connectivity index (χ1v) is 6.04. The maximum absolute atomic E-state index is 12.0. The number of hydrogen-bond acceptors (Lipinski definition) is 2. The Morgan fingerprint density at radius 2 is 2.07 bits per heavy atom. The van der Waals surface area contributed by atoms with Crippen LogP contribution >= 0.6 is 11.8 Å². The van der Waals surface area contributed by atoms with Gasteiger partial charge in [0.25, 0.3) is 0 Å². The fourth-order valence-corrected chi connectivity index (χ4v) is 2.41. The number of thioether (sulfide) groups is 1. The molecule has 1 aliphatic heterocycles. The summed E-state index contributed by atoms with van der Waals surface area (Å²) in [5, 5.41) is 0. The average molecular weight is 241 g/mol. The third-order valence-electron chi connectivity index (χ3n) is 2.19. The van der Waals surface area contributed by atoms with Crippen molar-refractivity contribution in [2.24, 2.45) is 5.92 Å². The van der Waals surface area contributed by atoms with Crippen LogP contribution < -0.4 is 0 Å². The molecule has 2 nitrogen and oxygen atoms in total. The van der Waals surface area contributed by atoms with Crippen LogP contribution in [0.1, 0.15) is 13.3 Å². The SMILES string of the molecule is CCCSCC1CN(C(=O)C(F)(F)F)C1. The van der Waals surface area contributed by atoms with Gasteiger partial charge in [-0.2, -0.15) is 24.9 Å². The number of likely N-dealkylation sites (tertiary alicyclic amines) is 1. The second kappa shape index (κ2) is 5.09. The molecule has 0 atom stereocenters. The molecule has 0 aromatic rings. The van der Waals surface area contributed by atoms with Gasteiger partial charge in [-0.3, -0.25) is 4.79 Å². The van der Waals surface area contributed by atoms with Crippen LogP contribution in [-0.2, 0) is 4.79 Å². The van der Waals surface area contributed by atoms with Gasteiger partial charge in [-0.1, -0.05) is 6.92 Å². The lowest BCUT2D eigenvalue weighted by Gasteiger charge is -2.39. The minimum absolute atomic E-state index is 0.243. The lowest BCUT2D eigenvalue weighted by Crippen LogP contribution is -2.55. The number of rotatable bonds is 4. The molecule has 0 spiro atoms. The summed E-state index contributed by atoms with van der Waals surface area (Å²) in [6.45, 7) is 2.58. The van der Waals surface area contributed by atoms with E-state index in [0.717, 1.165) is 22.8 Å². The highest BCUT2D eigenvalue weighted by atomic mass is 32.2. The topological polar surface area (TPSA) is 20.3 Å². The molecule has 1 saturated heterocycles. The summed E-state index contributed by atoms with van der Waals surface area (Å²) in [6.07, 6.45) is -3.63. The predicted octanol–water partition coefficient (Wildman–Crippen LogP) is 2.15. The van der Waals surface area contributed by atoms with Gasteiger partial charge < -0.3 is 4.90 Å². The number of halogens is 3. The Morgan fingerprint density at radius 1 is 1.47 bits per heavy atom. The molecule has 0 bridgehead atoms. The van der Waals surface area contributed by atoms with E-state index in [0.29, 0.717) is 0 Å². The van der Waals surface area contributed by atoms with Crippen LogP contribution in [0.5, 0.6) is 0 Å². The molecular weight excluding hydrogens is 227 g/mol. The zero-order chi connectivity index (χ0) is 11.5. The van der Waals surface area contributed by atoms with Gasteiger partial charge in [0.1, 0.15) is 0 Å². The van der Waals surface area contributed by atoms with Crippen LogP contribution in [0.3, 0.4) is 0 Å². The van der Waals surface area contributed by atoms with E-state index in [1.807, 2.05) is 0 Å². The Bertz CT molecular complexity index is 226. The first-order chi connectivity index (χ1) is 6.95. The van der Waals surface area contributed by atoms with E-state index in [1.54, 1.807) is 11.8 Å². The van der Waals surface area contributed by atoms with Gasteiger partial charge in [-0.25, -0.2) is 0 Å². The lowest BCUT2D eigenvalue weighted by atomic mass is 10.0. The minimum atomic E-state index is -4.71. The van der Waals surface area contributed by atoms with Crippen molar-refractivity contribution in [1.82, 2.24) is 4.90 Å². The molecule has 1 fully saturated rings. The number of carbonyl (C=O) groups is 1. The Morgan fingerprint density at radius 3 is 2.53 bits per heavy atom. The highest BCUT2D eigenvalue weighted by Crippen LogP contribution is 2.26. The summed E-state index contributed by atoms with van der Waals surface area (Å²) in [5.74, 6) is 0.436. The molecule has 1 heterocycles. The molecule has 1 amide bonds. The number of carbonyl (C=O) groups excluding carboxylic acids is 1. The number of alkyl halides is 3. The molecular formula is C9H14F3NOS. The predicted molar refractivity (Wildman–Crippen MR) is 53.7 cm³/mol. The van der Waals surface area contributed by atoms with Crippen molar-refractivity contribution in [3.63, 3.8) is 0 Å². The van der Waals surface area contributed by atoms with E-state index in [1.165, 1.54) is 0 Å². The number of hydrogen-bond donors (Lipinski definition) is 0. The average Bonchev–Trinajstić information content (AvgIpc) is 2.06. The summed E-state index contributed by atoms with van der Waals surface area (Å²) in [6, 6.07) is 0. The minimum Gasteiger partial charge on any atom is -0.334 e. The summed E-state index contributed by atoms with van der Waals surface area (Å²) >= 11 is 1.74. The third-order valence-corrected chi connectivity index (χ3v) is 3.59. The maximum atomic E-state index is 12.0. The molecule has 15 heavy (non-hydrogen) atoms. The number of nitrogens with zero attached hydrogens (tertiary/aromatic N) is 1. The maximum Gasteiger partial charge on any atom is 0.471 e. The highest BCUT2D eigenvalue weighted by Gasteiger charge is 2.46. The van der Waals surface area contributed by atoms with Crippen molar-refractivity contribution in [2.45, 2.75) is 19.5 Å². The normalized spacial score (nSPS) is 17.7. The van der Waals surface area contributed by atoms with Gasteiger partial charge in [0.15, 0.2) is 0 Å². The summed E-state index contributed by atoms with van der Waals surface area (Å²) in [7, 11) is 0. The van der Waals surface area contributed by atoms with Crippen molar-refractivity contribution in [2.75, 3.05) is 24.6 Å². The third kappa shape index (κ3) is 3.59. The molecule has 1 rings (SSSR count). The molecule has 0 N–H and O–H groups in total. The fourth-order valence-electron chi connectivity index (χ4n) is 1.41. The number of amides is 1. The smallest absolute Gasteiger partial charge is 0.334 e. The van der Waals surface area contributed by atoms with Crippen molar-refractivity contribution in [3.05, 3.63) is 0 Å². The second-order valence-corrected chi connectivity index (χ2v) is 4.80. The van der Waals surface area contributed by atoms with Gasteiger partial charge in [0.05, 0.1) is 0 Å². The van der Waals surface area contributed by atoms with Crippen molar-refractivity contribution < 1.29 is 18.0 Å². The van der Waals surface area contributed by atoms with Crippen molar-refractivity contribution >= 4 is 17.7 Å². The van der Waals surface area contributed by atoms with E-state index >= 15 is 0 Å². The van der Waals surface area contributed by atoms with E-state index in [9.17, 15) is 18.0 Å². The second-order valence-electron chi connectivity index (χ2n) is 3.65. The summed E-state index contributed by atoms with van der Waals surface area (Å²) in [4.78, 5) is 11.6. The fraction of sp³-hybridized carbons (Fsp3) is 0.889. The Hall–Kier alpha value is -0.390. The Labute approximate surface area is 91.2 Å². The zero-order valence-corrected chi connectivity index (χ0v) is 9.33. The van der Waals surface area contributed by atoms with Gasteiger partial charge in [0.2, 0.25) is 0 Å². The van der Waals surface area contributed by atoms with Gasteiger partial charge in [0, 0.05) is 19.0 Å². The Balaban J connectivity index is 2.17. The lowest BCUT2D eigenvalue weighted by molar-refractivity contribution is -0.191. The van der Waals surface area contributed by atoms with Crippen LogP contribution in [0.25, 0.3) is 0 Å². The Kier molecular flexibility index (Phi) is 4.31. The first kappa shape index (κ1) is 12.7. The van der Waals surface area contributed by atoms with Crippen molar-refractivity contribution in [1.29, 1.82) is 0 Å². The van der Waals surface area contributed by atoms with Crippen LogP contribution in [0.15, 0.2) is 0 Å².